The number of imidazole rings is 1. The lowest BCUT2D eigenvalue weighted by atomic mass is 10.0. The standard InChI is InChI=1S/C22H19N3O2/c1-14(26)17-9-11-19(12-10-17)25-13-20(23-16(25)3)21-15(2)27-24-22(21)18-7-5-4-6-8-18/h4-13H,1-3H3. The van der Waals surface area contributed by atoms with Crippen LogP contribution in [-0.2, 0) is 0 Å². The monoisotopic (exact) mass is 357 g/mol. The predicted octanol–water partition coefficient (Wildman–Crippen LogP) is 5.01. The van der Waals surface area contributed by atoms with Crippen molar-refractivity contribution in [1.82, 2.24) is 14.7 Å². The summed E-state index contributed by atoms with van der Waals surface area (Å²) in [5.41, 5.74) is 5.11. The van der Waals surface area contributed by atoms with Gasteiger partial charge in [0.25, 0.3) is 0 Å². The molecule has 4 rings (SSSR count). The number of rotatable bonds is 4. The van der Waals surface area contributed by atoms with Crippen LogP contribution in [0.4, 0.5) is 0 Å². The molecule has 0 aliphatic heterocycles. The molecule has 5 nitrogen and oxygen atoms in total. The third kappa shape index (κ3) is 3.08. The first kappa shape index (κ1) is 17.0. The molecule has 4 aromatic rings. The van der Waals surface area contributed by atoms with Gasteiger partial charge in [0.15, 0.2) is 5.78 Å². The van der Waals surface area contributed by atoms with Gasteiger partial charge in [-0.2, -0.15) is 0 Å². The Morgan fingerprint density at radius 2 is 1.70 bits per heavy atom. The Balaban J connectivity index is 1.79. The highest BCUT2D eigenvalue weighted by Gasteiger charge is 2.20. The summed E-state index contributed by atoms with van der Waals surface area (Å²) in [4.78, 5) is 16.2. The van der Waals surface area contributed by atoms with Crippen LogP contribution < -0.4 is 0 Å². The average Bonchev–Trinajstić information content (AvgIpc) is 3.25. The third-order valence-electron chi connectivity index (χ3n) is 4.60. The molecular weight excluding hydrogens is 338 g/mol. The first-order chi connectivity index (χ1) is 13.0. The van der Waals surface area contributed by atoms with Gasteiger partial charge in [0.2, 0.25) is 0 Å². The first-order valence-electron chi connectivity index (χ1n) is 8.74. The van der Waals surface area contributed by atoms with Crippen molar-refractivity contribution in [2.45, 2.75) is 20.8 Å². The van der Waals surface area contributed by atoms with Crippen LogP contribution in [0.2, 0.25) is 0 Å². The number of nitrogens with zero attached hydrogens (tertiary/aromatic N) is 3. The van der Waals surface area contributed by atoms with E-state index in [1.54, 1.807) is 6.92 Å². The van der Waals surface area contributed by atoms with Crippen LogP contribution in [0, 0.1) is 13.8 Å². The molecule has 2 heterocycles. The lowest BCUT2D eigenvalue weighted by Gasteiger charge is -2.05. The fraction of sp³-hybridized carbons (Fsp3) is 0.136. The molecule has 2 aromatic heterocycles. The van der Waals surface area contributed by atoms with E-state index in [9.17, 15) is 4.79 Å². The molecule has 0 bridgehead atoms. The highest BCUT2D eigenvalue weighted by atomic mass is 16.5. The van der Waals surface area contributed by atoms with Gasteiger partial charge in [-0.25, -0.2) is 4.98 Å². The van der Waals surface area contributed by atoms with Gasteiger partial charge in [0.1, 0.15) is 17.3 Å². The Morgan fingerprint density at radius 3 is 2.37 bits per heavy atom. The molecule has 0 amide bonds. The van der Waals surface area contributed by atoms with Crippen molar-refractivity contribution >= 4 is 5.78 Å². The van der Waals surface area contributed by atoms with Crippen LogP contribution in [-0.4, -0.2) is 20.5 Å². The number of benzene rings is 2. The van der Waals surface area contributed by atoms with Crippen molar-refractivity contribution in [3.8, 4) is 28.2 Å². The van der Waals surface area contributed by atoms with Crippen molar-refractivity contribution in [3.05, 3.63) is 77.9 Å². The van der Waals surface area contributed by atoms with Gasteiger partial charge in [-0.1, -0.05) is 35.5 Å². The van der Waals surface area contributed by atoms with E-state index >= 15 is 0 Å². The van der Waals surface area contributed by atoms with Crippen LogP contribution in [0.15, 0.2) is 65.3 Å². The summed E-state index contributed by atoms with van der Waals surface area (Å²) in [7, 11) is 0. The molecule has 0 fully saturated rings. The maximum atomic E-state index is 11.5. The minimum atomic E-state index is 0.0530. The maximum absolute atomic E-state index is 11.5. The molecule has 0 atom stereocenters. The fourth-order valence-electron chi connectivity index (χ4n) is 3.18. The zero-order valence-corrected chi connectivity index (χ0v) is 15.4. The quantitative estimate of drug-likeness (QED) is 0.482. The Labute approximate surface area is 157 Å². The molecule has 0 unspecified atom stereocenters. The molecule has 27 heavy (non-hydrogen) atoms. The number of aryl methyl sites for hydroxylation is 2. The highest BCUT2D eigenvalue weighted by Crippen LogP contribution is 2.34. The Bertz CT molecular complexity index is 1110. The molecule has 0 aliphatic rings. The largest absolute Gasteiger partial charge is 0.360 e. The molecule has 0 saturated heterocycles. The molecule has 0 N–H and O–H groups in total. The Morgan fingerprint density at radius 1 is 1.00 bits per heavy atom. The van der Waals surface area contributed by atoms with Crippen molar-refractivity contribution in [2.75, 3.05) is 0 Å². The SMILES string of the molecule is CC(=O)c1ccc(-n2cc(-c3c(-c4ccccc4)noc3C)nc2C)cc1. The molecular formula is C22H19N3O2. The number of Topliss-reactive ketones (excluding diaryl/α,β-unsaturated/α-hetero) is 1. The Hall–Kier alpha value is -3.47. The summed E-state index contributed by atoms with van der Waals surface area (Å²) in [6.07, 6.45) is 1.98. The third-order valence-corrected chi connectivity index (χ3v) is 4.60. The first-order valence-corrected chi connectivity index (χ1v) is 8.74. The lowest BCUT2D eigenvalue weighted by molar-refractivity contribution is 0.101. The van der Waals surface area contributed by atoms with Crippen molar-refractivity contribution < 1.29 is 9.32 Å². The van der Waals surface area contributed by atoms with E-state index in [4.69, 9.17) is 9.51 Å². The van der Waals surface area contributed by atoms with E-state index in [1.165, 1.54) is 0 Å². The van der Waals surface area contributed by atoms with Crippen LogP contribution in [0.5, 0.6) is 0 Å². The van der Waals surface area contributed by atoms with Gasteiger partial charge in [-0.3, -0.25) is 4.79 Å². The van der Waals surface area contributed by atoms with Crippen LogP contribution in [0.1, 0.15) is 28.9 Å². The zero-order chi connectivity index (χ0) is 19.0. The number of hydrogen-bond donors (Lipinski definition) is 0. The second-order valence-corrected chi connectivity index (χ2v) is 6.47. The molecule has 0 radical (unpaired) electrons. The van der Waals surface area contributed by atoms with Gasteiger partial charge in [0.05, 0.1) is 11.3 Å². The summed E-state index contributed by atoms with van der Waals surface area (Å²) in [5.74, 6) is 1.63. The second-order valence-electron chi connectivity index (χ2n) is 6.47. The number of aromatic nitrogens is 3. The maximum Gasteiger partial charge on any atom is 0.159 e. The average molecular weight is 357 g/mol. The van der Waals surface area contributed by atoms with E-state index < -0.39 is 0 Å². The summed E-state index contributed by atoms with van der Waals surface area (Å²) < 4.78 is 7.47. The predicted molar refractivity (Wildman–Crippen MR) is 104 cm³/mol. The molecule has 5 heteroatoms. The lowest BCUT2D eigenvalue weighted by Crippen LogP contribution is -1.97. The van der Waals surface area contributed by atoms with Crippen molar-refractivity contribution in [1.29, 1.82) is 0 Å². The van der Waals surface area contributed by atoms with Crippen LogP contribution in [0.3, 0.4) is 0 Å². The van der Waals surface area contributed by atoms with E-state index in [0.717, 1.165) is 39.8 Å². The van der Waals surface area contributed by atoms with Crippen LogP contribution >= 0.6 is 0 Å². The summed E-state index contributed by atoms with van der Waals surface area (Å²) in [5, 5.41) is 4.24. The van der Waals surface area contributed by atoms with Gasteiger partial charge in [-0.05, 0) is 45.0 Å². The van der Waals surface area contributed by atoms with E-state index in [2.05, 4.69) is 5.16 Å². The van der Waals surface area contributed by atoms with Gasteiger partial charge in [-0.15, -0.1) is 0 Å². The normalized spacial score (nSPS) is 10.9. The molecule has 0 aliphatic carbocycles. The minimum Gasteiger partial charge on any atom is -0.360 e. The van der Waals surface area contributed by atoms with Crippen molar-refractivity contribution in [3.63, 3.8) is 0 Å². The molecule has 0 spiro atoms. The molecule has 134 valence electrons. The van der Waals surface area contributed by atoms with E-state index in [1.807, 2.05) is 79.2 Å². The van der Waals surface area contributed by atoms with E-state index in [0.29, 0.717) is 5.56 Å². The Kier molecular flexibility index (Phi) is 4.20. The van der Waals surface area contributed by atoms with Crippen LogP contribution in [0.25, 0.3) is 28.2 Å². The summed E-state index contributed by atoms with van der Waals surface area (Å²) in [6, 6.07) is 17.4. The topological polar surface area (TPSA) is 60.9 Å². The highest BCUT2D eigenvalue weighted by molar-refractivity contribution is 5.94. The van der Waals surface area contributed by atoms with E-state index in [-0.39, 0.29) is 5.78 Å². The summed E-state index contributed by atoms with van der Waals surface area (Å²) >= 11 is 0. The zero-order valence-electron chi connectivity index (χ0n) is 15.4. The van der Waals surface area contributed by atoms with Gasteiger partial charge in [0, 0.05) is 23.0 Å². The number of carbonyl (C=O) groups excluding carboxylic acids is 1. The van der Waals surface area contributed by atoms with Gasteiger partial charge >= 0.3 is 0 Å². The number of hydrogen-bond acceptors (Lipinski definition) is 4. The number of ketones is 1. The molecule has 0 saturated carbocycles. The minimum absolute atomic E-state index is 0.0530. The van der Waals surface area contributed by atoms with Gasteiger partial charge < -0.3 is 9.09 Å². The molecule has 2 aromatic carbocycles. The number of carbonyl (C=O) groups is 1. The fourth-order valence-corrected chi connectivity index (χ4v) is 3.18. The second kappa shape index (κ2) is 6.68. The smallest absolute Gasteiger partial charge is 0.159 e. The summed E-state index contributed by atoms with van der Waals surface area (Å²) in [6.45, 7) is 5.41. The van der Waals surface area contributed by atoms with Crippen molar-refractivity contribution in [2.24, 2.45) is 0 Å².